The highest BCUT2D eigenvalue weighted by atomic mass is 32.1. The summed E-state index contributed by atoms with van der Waals surface area (Å²) in [4.78, 5) is 7.03. The van der Waals surface area contributed by atoms with Crippen LogP contribution in [0.2, 0.25) is 0 Å². The van der Waals surface area contributed by atoms with Crippen LogP contribution in [0.4, 0.5) is 0 Å². The molecule has 1 saturated heterocycles. The van der Waals surface area contributed by atoms with Crippen molar-refractivity contribution in [2.75, 3.05) is 19.6 Å². The summed E-state index contributed by atoms with van der Waals surface area (Å²) in [6.07, 6.45) is 3.81. The molecular weight excluding hydrogens is 302 g/mol. The first-order valence-electron chi connectivity index (χ1n) is 8.75. The van der Waals surface area contributed by atoms with E-state index in [9.17, 15) is 0 Å². The first-order valence-corrected chi connectivity index (χ1v) is 9.69. The van der Waals surface area contributed by atoms with E-state index in [0.717, 1.165) is 31.3 Å². The Morgan fingerprint density at radius 3 is 2.91 bits per heavy atom. The lowest BCUT2D eigenvalue weighted by atomic mass is 9.98. The Hall–Kier alpha value is -1.23. The summed E-state index contributed by atoms with van der Waals surface area (Å²) in [7, 11) is 0. The highest BCUT2D eigenvalue weighted by Crippen LogP contribution is 2.38. The molecule has 4 heteroatoms. The quantitative estimate of drug-likeness (QED) is 0.883. The van der Waals surface area contributed by atoms with Crippen LogP contribution in [0.5, 0.6) is 0 Å². The Kier molecular flexibility index (Phi) is 4.74. The van der Waals surface area contributed by atoms with Crippen LogP contribution in [-0.4, -0.2) is 35.6 Å². The summed E-state index contributed by atoms with van der Waals surface area (Å²) in [5.41, 5.74) is 4.61. The zero-order chi connectivity index (χ0) is 15.5. The summed E-state index contributed by atoms with van der Waals surface area (Å²) in [6.45, 7) is 4.72. The molecule has 0 radical (unpaired) electrons. The van der Waals surface area contributed by atoms with Crippen molar-refractivity contribution in [3.63, 3.8) is 0 Å². The lowest BCUT2D eigenvalue weighted by Gasteiger charge is -2.22. The standard InChI is InChI=1S/C19H25N3S/c1-2-4-15(5-3-1)10-22-11-16-6-7-19(18(16)12-22)20-9-8-17-13-23-14-21-17/h1-5,13-14,16,18-20H,6-12H2/t16-,18-,19+/m0/s1. The van der Waals surface area contributed by atoms with Crippen LogP contribution in [-0.2, 0) is 13.0 Å². The van der Waals surface area contributed by atoms with Gasteiger partial charge in [0.15, 0.2) is 0 Å². The van der Waals surface area contributed by atoms with Crippen molar-refractivity contribution in [1.29, 1.82) is 0 Å². The number of likely N-dealkylation sites (tertiary alicyclic amines) is 1. The molecule has 0 unspecified atom stereocenters. The van der Waals surface area contributed by atoms with Gasteiger partial charge in [0.25, 0.3) is 0 Å². The molecule has 1 N–H and O–H groups in total. The maximum Gasteiger partial charge on any atom is 0.0794 e. The third kappa shape index (κ3) is 3.65. The fourth-order valence-electron chi connectivity index (χ4n) is 4.33. The van der Waals surface area contributed by atoms with Crippen LogP contribution in [0, 0.1) is 11.8 Å². The predicted molar refractivity (Wildman–Crippen MR) is 95.5 cm³/mol. The minimum absolute atomic E-state index is 0.708. The molecule has 0 spiro atoms. The Morgan fingerprint density at radius 2 is 2.09 bits per heavy atom. The van der Waals surface area contributed by atoms with Gasteiger partial charge in [0, 0.05) is 44.0 Å². The molecule has 122 valence electrons. The number of nitrogens with zero attached hydrogens (tertiary/aromatic N) is 2. The summed E-state index contributed by atoms with van der Waals surface area (Å²) < 4.78 is 0. The molecule has 4 rings (SSSR count). The second kappa shape index (κ2) is 7.12. The van der Waals surface area contributed by atoms with E-state index in [0.29, 0.717) is 6.04 Å². The van der Waals surface area contributed by atoms with Crippen molar-refractivity contribution in [1.82, 2.24) is 15.2 Å². The second-order valence-corrected chi connectivity index (χ2v) is 7.69. The van der Waals surface area contributed by atoms with Crippen molar-refractivity contribution in [3.05, 3.63) is 52.5 Å². The summed E-state index contributed by atoms with van der Waals surface area (Å²) in [5.74, 6) is 1.74. The highest BCUT2D eigenvalue weighted by molar-refractivity contribution is 7.07. The topological polar surface area (TPSA) is 28.2 Å². The van der Waals surface area contributed by atoms with Crippen molar-refractivity contribution in [3.8, 4) is 0 Å². The number of benzene rings is 1. The fourth-order valence-corrected chi connectivity index (χ4v) is 4.92. The van der Waals surface area contributed by atoms with Gasteiger partial charge < -0.3 is 5.32 Å². The van der Waals surface area contributed by atoms with E-state index in [4.69, 9.17) is 0 Å². The molecule has 3 atom stereocenters. The molecule has 1 aliphatic heterocycles. The molecule has 3 nitrogen and oxygen atoms in total. The molecule has 2 aromatic rings. The van der Waals surface area contributed by atoms with Crippen molar-refractivity contribution in [2.24, 2.45) is 11.8 Å². The third-order valence-corrected chi connectivity index (χ3v) is 6.09. The molecule has 2 aliphatic rings. The molecule has 2 fully saturated rings. The minimum atomic E-state index is 0.708. The minimum Gasteiger partial charge on any atom is -0.313 e. The van der Waals surface area contributed by atoms with Gasteiger partial charge in [0.2, 0.25) is 0 Å². The Balaban J connectivity index is 1.27. The molecule has 0 amide bonds. The van der Waals surface area contributed by atoms with E-state index in [1.807, 2.05) is 5.51 Å². The number of hydrogen-bond donors (Lipinski definition) is 1. The smallest absolute Gasteiger partial charge is 0.0794 e. The van der Waals surface area contributed by atoms with Crippen molar-refractivity contribution < 1.29 is 0 Å². The second-order valence-electron chi connectivity index (χ2n) is 6.97. The summed E-state index contributed by atoms with van der Waals surface area (Å²) in [6, 6.07) is 11.6. The van der Waals surface area contributed by atoms with Gasteiger partial charge in [-0.25, -0.2) is 4.98 Å². The first kappa shape index (κ1) is 15.3. The maximum absolute atomic E-state index is 4.38. The number of hydrogen-bond acceptors (Lipinski definition) is 4. The van der Waals surface area contributed by atoms with E-state index >= 15 is 0 Å². The Morgan fingerprint density at radius 1 is 1.17 bits per heavy atom. The lowest BCUT2D eigenvalue weighted by molar-refractivity contribution is 0.289. The summed E-state index contributed by atoms with van der Waals surface area (Å²) >= 11 is 1.69. The number of rotatable bonds is 6. The maximum atomic E-state index is 4.38. The molecule has 1 aromatic heterocycles. The molecule has 1 saturated carbocycles. The molecule has 1 aliphatic carbocycles. The monoisotopic (exact) mass is 327 g/mol. The van der Waals surface area contributed by atoms with Gasteiger partial charge >= 0.3 is 0 Å². The van der Waals surface area contributed by atoms with E-state index in [1.165, 1.54) is 37.2 Å². The number of nitrogens with one attached hydrogen (secondary N) is 1. The van der Waals surface area contributed by atoms with Crippen LogP contribution < -0.4 is 5.32 Å². The van der Waals surface area contributed by atoms with E-state index in [-0.39, 0.29) is 0 Å². The number of thiazole rings is 1. The SMILES string of the molecule is c1ccc(CN2C[C@@H]3CC[C@@H](NCCc4cscn4)[C@H]3C2)cc1. The van der Waals surface area contributed by atoms with Gasteiger partial charge in [-0.3, -0.25) is 4.90 Å². The fraction of sp³-hybridized carbons (Fsp3) is 0.526. The summed E-state index contributed by atoms with van der Waals surface area (Å²) in [5, 5.41) is 5.98. The Labute approximate surface area is 142 Å². The van der Waals surface area contributed by atoms with Crippen LogP contribution in [0.15, 0.2) is 41.2 Å². The van der Waals surface area contributed by atoms with E-state index in [1.54, 1.807) is 11.3 Å². The Bertz CT molecular complexity index is 598. The zero-order valence-corrected chi connectivity index (χ0v) is 14.3. The first-order chi connectivity index (χ1) is 11.4. The van der Waals surface area contributed by atoms with Gasteiger partial charge in [-0.2, -0.15) is 0 Å². The van der Waals surface area contributed by atoms with E-state index in [2.05, 4.69) is 50.9 Å². The van der Waals surface area contributed by atoms with Gasteiger partial charge in [-0.15, -0.1) is 11.3 Å². The van der Waals surface area contributed by atoms with Crippen LogP contribution in [0.3, 0.4) is 0 Å². The number of aromatic nitrogens is 1. The van der Waals surface area contributed by atoms with Gasteiger partial charge in [0.05, 0.1) is 11.2 Å². The normalized spacial score (nSPS) is 27.4. The van der Waals surface area contributed by atoms with Crippen LogP contribution >= 0.6 is 11.3 Å². The molecule has 0 bridgehead atoms. The average Bonchev–Trinajstić information content (AvgIpc) is 3.27. The largest absolute Gasteiger partial charge is 0.313 e. The predicted octanol–water partition coefficient (Wildman–Crippen LogP) is 3.19. The van der Waals surface area contributed by atoms with Crippen LogP contribution in [0.25, 0.3) is 0 Å². The molecular formula is C19H25N3S. The van der Waals surface area contributed by atoms with Crippen LogP contribution in [0.1, 0.15) is 24.1 Å². The van der Waals surface area contributed by atoms with E-state index < -0.39 is 0 Å². The molecule has 23 heavy (non-hydrogen) atoms. The van der Waals surface area contributed by atoms with Crippen molar-refractivity contribution >= 4 is 11.3 Å². The lowest BCUT2D eigenvalue weighted by Crippen LogP contribution is -2.36. The van der Waals surface area contributed by atoms with Crippen molar-refractivity contribution in [2.45, 2.75) is 31.8 Å². The van der Waals surface area contributed by atoms with Gasteiger partial charge in [0.1, 0.15) is 0 Å². The molecule has 2 heterocycles. The third-order valence-electron chi connectivity index (χ3n) is 5.45. The van der Waals surface area contributed by atoms with Gasteiger partial charge in [-0.05, 0) is 30.2 Å². The molecule has 1 aromatic carbocycles. The zero-order valence-electron chi connectivity index (χ0n) is 13.5. The number of fused-ring (bicyclic) bond motifs is 1. The highest BCUT2D eigenvalue weighted by Gasteiger charge is 2.41. The van der Waals surface area contributed by atoms with Gasteiger partial charge in [-0.1, -0.05) is 30.3 Å². The average molecular weight is 327 g/mol.